The first-order valence-corrected chi connectivity index (χ1v) is 5.48. The number of alkyl halides is 1. The molecule has 0 amide bonds. The molecule has 0 aliphatic heterocycles. The van der Waals surface area contributed by atoms with Crippen molar-refractivity contribution in [2.24, 2.45) is 0 Å². The maximum atomic E-state index is 10.6. The summed E-state index contributed by atoms with van der Waals surface area (Å²) in [5, 5.41) is -0.641. The molecule has 0 saturated carbocycles. The van der Waals surface area contributed by atoms with E-state index >= 15 is 0 Å². The SMILES string of the molecule is O=[PH](O)C(Cl)Cc1ccccc1. The molecule has 0 radical (unpaired) electrons. The Kier molecular flexibility index (Phi) is 3.80. The van der Waals surface area contributed by atoms with Gasteiger partial charge in [0.1, 0.15) is 5.12 Å². The van der Waals surface area contributed by atoms with Gasteiger partial charge in [0.25, 0.3) is 0 Å². The van der Waals surface area contributed by atoms with Crippen LogP contribution in [0, 0.1) is 0 Å². The van der Waals surface area contributed by atoms with Gasteiger partial charge in [0, 0.05) is 0 Å². The Morgan fingerprint density at radius 3 is 2.50 bits per heavy atom. The van der Waals surface area contributed by atoms with Gasteiger partial charge in [0.15, 0.2) is 0 Å². The Labute approximate surface area is 77.1 Å². The predicted molar refractivity (Wildman–Crippen MR) is 51.0 cm³/mol. The van der Waals surface area contributed by atoms with Crippen LogP contribution in [-0.2, 0) is 11.0 Å². The van der Waals surface area contributed by atoms with Crippen LogP contribution in [0.3, 0.4) is 0 Å². The molecule has 2 unspecified atom stereocenters. The molecule has 4 heteroatoms. The highest BCUT2D eigenvalue weighted by molar-refractivity contribution is 7.41. The second-order valence-electron chi connectivity index (χ2n) is 2.50. The van der Waals surface area contributed by atoms with Crippen LogP contribution >= 0.6 is 19.6 Å². The summed E-state index contributed by atoms with van der Waals surface area (Å²) in [4.78, 5) is 8.70. The zero-order valence-electron chi connectivity index (χ0n) is 6.40. The first kappa shape index (κ1) is 9.79. The van der Waals surface area contributed by atoms with Crippen molar-refractivity contribution in [3.8, 4) is 0 Å². The van der Waals surface area contributed by atoms with Crippen molar-refractivity contribution < 1.29 is 9.46 Å². The van der Waals surface area contributed by atoms with E-state index < -0.39 is 13.1 Å². The third kappa shape index (κ3) is 2.98. The zero-order valence-corrected chi connectivity index (χ0v) is 8.16. The standard InChI is InChI=1S/C8H10ClO2P/c9-8(12(10)11)6-7-4-2-1-3-5-7/h1-5,8,12H,6H2,(H,10,11). The third-order valence-corrected chi connectivity index (χ3v) is 2.98. The minimum Gasteiger partial charge on any atom is -0.345 e. The fourth-order valence-corrected chi connectivity index (χ4v) is 1.50. The third-order valence-electron chi connectivity index (χ3n) is 1.53. The molecule has 1 rings (SSSR count). The summed E-state index contributed by atoms with van der Waals surface area (Å²) in [6.07, 6.45) is 0.455. The Morgan fingerprint density at radius 2 is 2.00 bits per heavy atom. The molecule has 66 valence electrons. The van der Waals surface area contributed by atoms with Crippen molar-refractivity contribution in [2.75, 3.05) is 0 Å². The highest BCUT2D eigenvalue weighted by atomic mass is 35.5. The van der Waals surface area contributed by atoms with Crippen LogP contribution in [0.15, 0.2) is 30.3 Å². The molecule has 0 fully saturated rings. The van der Waals surface area contributed by atoms with Crippen LogP contribution in [0.4, 0.5) is 0 Å². The number of hydrogen-bond donors (Lipinski definition) is 1. The van der Waals surface area contributed by atoms with Gasteiger partial charge >= 0.3 is 0 Å². The van der Waals surface area contributed by atoms with Gasteiger partial charge in [-0.15, -0.1) is 11.6 Å². The molecular weight excluding hydrogens is 195 g/mol. The van der Waals surface area contributed by atoms with Gasteiger partial charge in [-0.1, -0.05) is 30.3 Å². The number of hydrogen-bond acceptors (Lipinski definition) is 1. The van der Waals surface area contributed by atoms with E-state index in [0.29, 0.717) is 6.42 Å². The van der Waals surface area contributed by atoms with Crippen LogP contribution in [0.2, 0.25) is 0 Å². The maximum absolute atomic E-state index is 10.6. The van der Waals surface area contributed by atoms with E-state index in [2.05, 4.69) is 0 Å². The Morgan fingerprint density at radius 1 is 1.42 bits per heavy atom. The lowest BCUT2D eigenvalue weighted by molar-refractivity contribution is 0.499. The lowest BCUT2D eigenvalue weighted by atomic mass is 10.2. The number of halogens is 1. The maximum Gasteiger partial charge on any atom is 0.206 e. The van der Waals surface area contributed by atoms with Gasteiger partial charge in [-0.2, -0.15) is 0 Å². The molecule has 0 saturated heterocycles. The lowest BCUT2D eigenvalue weighted by Crippen LogP contribution is -1.96. The molecule has 0 spiro atoms. The monoisotopic (exact) mass is 204 g/mol. The molecule has 1 aromatic rings. The van der Waals surface area contributed by atoms with Crippen LogP contribution in [0.1, 0.15) is 5.56 Å². The molecule has 2 nitrogen and oxygen atoms in total. The molecule has 0 heterocycles. The van der Waals surface area contributed by atoms with E-state index in [0.717, 1.165) is 5.56 Å². The quantitative estimate of drug-likeness (QED) is 0.606. The van der Waals surface area contributed by atoms with E-state index in [1.165, 1.54) is 0 Å². The minimum absolute atomic E-state index is 0.455. The van der Waals surface area contributed by atoms with Crippen molar-refractivity contribution in [2.45, 2.75) is 11.5 Å². The highest BCUT2D eigenvalue weighted by Crippen LogP contribution is 2.28. The van der Waals surface area contributed by atoms with Crippen LogP contribution in [0.25, 0.3) is 0 Å². The summed E-state index contributed by atoms with van der Waals surface area (Å²) in [7, 11) is -2.59. The van der Waals surface area contributed by atoms with Crippen molar-refractivity contribution in [3.05, 3.63) is 35.9 Å². The summed E-state index contributed by atoms with van der Waals surface area (Å²) >= 11 is 5.63. The summed E-state index contributed by atoms with van der Waals surface area (Å²) in [5.74, 6) is 0. The van der Waals surface area contributed by atoms with Gasteiger partial charge in [0.05, 0.1) is 0 Å². The largest absolute Gasteiger partial charge is 0.345 e. The van der Waals surface area contributed by atoms with Crippen LogP contribution < -0.4 is 0 Å². The highest BCUT2D eigenvalue weighted by Gasteiger charge is 2.10. The molecule has 1 N–H and O–H groups in total. The van der Waals surface area contributed by atoms with E-state index in [1.807, 2.05) is 30.3 Å². The van der Waals surface area contributed by atoms with Crippen molar-refractivity contribution in [1.29, 1.82) is 0 Å². The molecular formula is C8H10ClO2P. The topological polar surface area (TPSA) is 37.3 Å². The fourth-order valence-electron chi connectivity index (χ4n) is 0.908. The van der Waals surface area contributed by atoms with Crippen molar-refractivity contribution in [3.63, 3.8) is 0 Å². The Bertz CT molecular complexity index is 263. The van der Waals surface area contributed by atoms with Gasteiger partial charge in [-0.25, -0.2) is 0 Å². The van der Waals surface area contributed by atoms with Crippen molar-refractivity contribution in [1.82, 2.24) is 0 Å². The van der Waals surface area contributed by atoms with E-state index in [9.17, 15) is 4.57 Å². The molecule has 12 heavy (non-hydrogen) atoms. The second-order valence-corrected chi connectivity index (χ2v) is 4.76. The average Bonchev–Trinajstić information content (AvgIpc) is 2.06. The van der Waals surface area contributed by atoms with Crippen LogP contribution in [-0.4, -0.2) is 10.0 Å². The fraction of sp³-hybridized carbons (Fsp3) is 0.250. The molecule has 2 atom stereocenters. The van der Waals surface area contributed by atoms with Gasteiger partial charge in [-0.3, -0.25) is 4.57 Å². The molecule has 0 bridgehead atoms. The zero-order chi connectivity index (χ0) is 8.97. The summed E-state index contributed by atoms with van der Waals surface area (Å²) in [6, 6.07) is 9.44. The number of rotatable bonds is 3. The van der Waals surface area contributed by atoms with Crippen molar-refractivity contribution >= 4 is 19.6 Å². The summed E-state index contributed by atoms with van der Waals surface area (Å²) in [6.45, 7) is 0. The summed E-state index contributed by atoms with van der Waals surface area (Å²) in [5.41, 5.74) is 0.991. The normalized spacial score (nSPS) is 15.5. The van der Waals surface area contributed by atoms with Gasteiger partial charge in [-0.05, 0) is 12.0 Å². The second kappa shape index (κ2) is 4.66. The lowest BCUT2D eigenvalue weighted by Gasteiger charge is -2.04. The van der Waals surface area contributed by atoms with E-state index in [1.54, 1.807) is 0 Å². The molecule has 0 aliphatic rings. The van der Waals surface area contributed by atoms with Gasteiger partial charge in [0.2, 0.25) is 8.03 Å². The molecule has 0 aliphatic carbocycles. The Hall–Kier alpha value is -0.300. The minimum atomic E-state index is -2.59. The summed E-state index contributed by atoms with van der Waals surface area (Å²) < 4.78 is 10.6. The number of benzene rings is 1. The van der Waals surface area contributed by atoms with Gasteiger partial charge < -0.3 is 4.89 Å². The van der Waals surface area contributed by atoms with E-state index in [-0.39, 0.29) is 0 Å². The first-order chi connectivity index (χ1) is 5.70. The smallest absolute Gasteiger partial charge is 0.206 e. The van der Waals surface area contributed by atoms with E-state index in [4.69, 9.17) is 16.5 Å². The van der Waals surface area contributed by atoms with Crippen LogP contribution in [0.5, 0.6) is 0 Å². The first-order valence-electron chi connectivity index (χ1n) is 3.61. The average molecular weight is 205 g/mol. The Balaban J connectivity index is 2.58. The predicted octanol–water partition coefficient (Wildman–Crippen LogP) is 2.26. The molecule has 1 aromatic carbocycles. The molecule has 0 aromatic heterocycles.